The molecule has 176 valence electrons. The Hall–Kier alpha value is -3.66. The van der Waals surface area contributed by atoms with Crippen LogP contribution in [0.4, 0.5) is 13.2 Å². The molecule has 0 bridgehead atoms. The van der Waals surface area contributed by atoms with Gasteiger partial charge in [0.05, 0.1) is 6.26 Å². The molecule has 0 unspecified atom stereocenters. The topological polar surface area (TPSA) is 87.4 Å². The molecule has 0 aliphatic heterocycles. The fourth-order valence-electron chi connectivity index (χ4n) is 3.04. The summed E-state index contributed by atoms with van der Waals surface area (Å²) in [6, 6.07) is 8.59. The second-order valence-corrected chi connectivity index (χ2v) is 6.82. The molecule has 0 radical (unpaired) electrons. The predicted molar refractivity (Wildman–Crippen MR) is 112 cm³/mol. The second kappa shape index (κ2) is 10.3. The Morgan fingerprint density at radius 3 is 2.45 bits per heavy atom. The summed E-state index contributed by atoms with van der Waals surface area (Å²) >= 11 is 0. The molecule has 10 heteroatoms. The SMILES string of the molecule is CCC(=Cc1cc2ccoc2c(OCOC)c1OCc1ccc(OC(F)(F)F)cc1)C(=O)O. The molecular weight excluding hydrogens is 445 g/mol. The molecule has 0 atom stereocenters. The zero-order valence-electron chi connectivity index (χ0n) is 17.8. The molecule has 0 aliphatic rings. The van der Waals surface area contributed by atoms with Gasteiger partial charge in [0.25, 0.3) is 0 Å². The molecule has 0 saturated carbocycles. The largest absolute Gasteiger partial charge is 0.573 e. The minimum atomic E-state index is -4.79. The average Bonchev–Trinajstić information content (AvgIpc) is 3.22. The van der Waals surface area contributed by atoms with Crippen molar-refractivity contribution in [1.82, 2.24) is 0 Å². The van der Waals surface area contributed by atoms with Gasteiger partial charge in [0.15, 0.2) is 18.1 Å². The number of rotatable bonds is 10. The molecule has 33 heavy (non-hydrogen) atoms. The third-order valence-electron chi connectivity index (χ3n) is 4.53. The summed E-state index contributed by atoms with van der Waals surface area (Å²) < 4.78 is 63.1. The van der Waals surface area contributed by atoms with Crippen LogP contribution in [0, 0.1) is 0 Å². The van der Waals surface area contributed by atoms with Gasteiger partial charge < -0.3 is 28.5 Å². The molecule has 2 aromatic carbocycles. The van der Waals surface area contributed by atoms with Crippen molar-refractivity contribution >= 4 is 23.0 Å². The predicted octanol–water partition coefficient (Wildman–Crippen LogP) is 5.77. The summed E-state index contributed by atoms with van der Waals surface area (Å²) in [7, 11) is 1.44. The summed E-state index contributed by atoms with van der Waals surface area (Å²) in [4.78, 5) is 11.6. The zero-order valence-corrected chi connectivity index (χ0v) is 17.8. The number of aliphatic carboxylic acids is 1. The van der Waals surface area contributed by atoms with Gasteiger partial charge in [-0.3, -0.25) is 0 Å². The van der Waals surface area contributed by atoms with Crippen LogP contribution < -0.4 is 14.2 Å². The number of benzene rings is 2. The van der Waals surface area contributed by atoms with Crippen LogP contribution in [0.15, 0.2) is 52.7 Å². The highest BCUT2D eigenvalue weighted by Crippen LogP contribution is 2.41. The number of alkyl halides is 3. The number of fused-ring (bicyclic) bond motifs is 1. The van der Waals surface area contributed by atoms with Crippen LogP contribution >= 0.6 is 0 Å². The third-order valence-corrected chi connectivity index (χ3v) is 4.53. The third kappa shape index (κ3) is 6.19. The lowest BCUT2D eigenvalue weighted by molar-refractivity contribution is -0.274. The highest BCUT2D eigenvalue weighted by Gasteiger charge is 2.31. The van der Waals surface area contributed by atoms with Crippen molar-refractivity contribution < 1.29 is 46.4 Å². The smallest absolute Gasteiger partial charge is 0.484 e. The lowest BCUT2D eigenvalue weighted by Crippen LogP contribution is -2.17. The zero-order chi connectivity index (χ0) is 24.0. The van der Waals surface area contributed by atoms with E-state index in [0.717, 1.165) is 0 Å². The maximum Gasteiger partial charge on any atom is 0.573 e. The van der Waals surface area contributed by atoms with E-state index in [1.165, 1.54) is 43.7 Å². The summed E-state index contributed by atoms with van der Waals surface area (Å²) in [6.45, 7) is 1.55. The summed E-state index contributed by atoms with van der Waals surface area (Å²) in [6.07, 6.45) is -1.58. The van der Waals surface area contributed by atoms with Crippen molar-refractivity contribution in [2.24, 2.45) is 0 Å². The first kappa shape index (κ1) is 24.0. The maximum absolute atomic E-state index is 12.4. The standard InChI is InChI=1S/C23H21F3O7/c1-3-15(22(27)28)10-17-11-16-8-9-30-19(16)21(32-13-29-2)20(17)31-12-14-4-6-18(7-5-14)33-23(24,25)26/h4-11H,3,12-13H2,1-2H3,(H,27,28). The first-order valence-corrected chi connectivity index (χ1v) is 9.79. The second-order valence-electron chi connectivity index (χ2n) is 6.82. The molecule has 1 N–H and O–H groups in total. The van der Waals surface area contributed by atoms with Crippen molar-refractivity contribution in [3.05, 3.63) is 59.4 Å². The molecule has 3 aromatic rings. The number of methoxy groups -OCH3 is 1. The quantitative estimate of drug-likeness (QED) is 0.300. The van der Waals surface area contributed by atoms with E-state index >= 15 is 0 Å². The Bertz CT molecular complexity index is 1130. The van der Waals surface area contributed by atoms with Crippen LogP contribution in [0.5, 0.6) is 17.2 Å². The van der Waals surface area contributed by atoms with Crippen LogP contribution in [-0.4, -0.2) is 31.3 Å². The lowest BCUT2D eigenvalue weighted by atomic mass is 10.1. The van der Waals surface area contributed by atoms with Crippen LogP contribution in [0.25, 0.3) is 17.0 Å². The van der Waals surface area contributed by atoms with E-state index < -0.39 is 12.3 Å². The Balaban J connectivity index is 1.98. The van der Waals surface area contributed by atoms with Crippen LogP contribution in [0.2, 0.25) is 0 Å². The molecule has 0 aliphatic carbocycles. The minimum absolute atomic E-state index is 0.0444. The summed E-state index contributed by atoms with van der Waals surface area (Å²) in [5.41, 5.74) is 1.51. The highest BCUT2D eigenvalue weighted by molar-refractivity contribution is 5.96. The molecule has 0 amide bonds. The molecule has 0 spiro atoms. The van der Waals surface area contributed by atoms with E-state index in [-0.39, 0.29) is 42.6 Å². The van der Waals surface area contributed by atoms with Crippen LogP contribution in [0.3, 0.4) is 0 Å². The number of hydrogen-bond acceptors (Lipinski definition) is 6. The number of halogens is 3. The van der Waals surface area contributed by atoms with E-state index in [9.17, 15) is 23.1 Å². The van der Waals surface area contributed by atoms with Gasteiger partial charge in [0.2, 0.25) is 5.75 Å². The molecule has 7 nitrogen and oxygen atoms in total. The van der Waals surface area contributed by atoms with Crippen LogP contribution in [-0.2, 0) is 16.1 Å². The fraction of sp³-hybridized carbons (Fsp3) is 0.261. The van der Waals surface area contributed by atoms with E-state index in [1.54, 1.807) is 19.1 Å². The number of carbonyl (C=O) groups is 1. The van der Waals surface area contributed by atoms with Crippen molar-refractivity contribution in [2.75, 3.05) is 13.9 Å². The number of hydrogen-bond donors (Lipinski definition) is 1. The van der Waals surface area contributed by atoms with E-state index in [2.05, 4.69) is 4.74 Å². The fourth-order valence-corrected chi connectivity index (χ4v) is 3.04. The Kier molecular flexibility index (Phi) is 7.49. The van der Waals surface area contributed by atoms with Crippen molar-refractivity contribution in [1.29, 1.82) is 0 Å². The van der Waals surface area contributed by atoms with E-state index in [0.29, 0.717) is 22.1 Å². The van der Waals surface area contributed by atoms with E-state index in [1.807, 2.05) is 0 Å². The molecule has 0 fully saturated rings. The van der Waals surface area contributed by atoms with Gasteiger partial charge in [-0.05, 0) is 42.3 Å². The average molecular weight is 466 g/mol. The Labute approximate surface area is 186 Å². The maximum atomic E-state index is 12.4. The molecular formula is C23H21F3O7. The first-order chi connectivity index (χ1) is 15.7. The number of ether oxygens (including phenoxy) is 4. The van der Waals surface area contributed by atoms with Crippen molar-refractivity contribution in [3.63, 3.8) is 0 Å². The van der Waals surface area contributed by atoms with Crippen LogP contribution in [0.1, 0.15) is 24.5 Å². The monoisotopic (exact) mass is 466 g/mol. The Morgan fingerprint density at radius 2 is 1.85 bits per heavy atom. The molecule has 1 aromatic heterocycles. The molecule has 3 rings (SSSR count). The number of carboxylic acid groups (broad SMARTS) is 1. The van der Waals surface area contributed by atoms with Gasteiger partial charge in [0, 0.05) is 23.6 Å². The van der Waals surface area contributed by atoms with Crippen molar-refractivity contribution in [3.8, 4) is 17.2 Å². The molecule has 1 heterocycles. The van der Waals surface area contributed by atoms with Gasteiger partial charge in [-0.15, -0.1) is 13.2 Å². The normalized spacial score (nSPS) is 12.1. The van der Waals surface area contributed by atoms with Crippen molar-refractivity contribution in [2.45, 2.75) is 26.3 Å². The van der Waals surface area contributed by atoms with Gasteiger partial charge in [-0.1, -0.05) is 19.1 Å². The summed E-state index contributed by atoms with van der Waals surface area (Å²) in [5, 5.41) is 10.1. The minimum Gasteiger partial charge on any atom is -0.484 e. The first-order valence-electron chi connectivity index (χ1n) is 9.79. The summed E-state index contributed by atoms with van der Waals surface area (Å²) in [5.74, 6) is -1.01. The highest BCUT2D eigenvalue weighted by atomic mass is 19.4. The van der Waals surface area contributed by atoms with Gasteiger partial charge in [-0.25, -0.2) is 4.79 Å². The Morgan fingerprint density at radius 1 is 1.12 bits per heavy atom. The van der Waals surface area contributed by atoms with Gasteiger partial charge >= 0.3 is 12.3 Å². The number of furan rings is 1. The van der Waals surface area contributed by atoms with E-state index in [4.69, 9.17) is 18.6 Å². The van der Waals surface area contributed by atoms with Gasteiger partial charge in [-0.2, -0.15) is 0 Å². The molecule has 0 saturated heterocycles. The lowest BCUT2D eigenvalue weighted by Gasteiger charge is -2.16. The number of carboxylic acids is 1. The van der Waals surface area contributed by atoms with Gasteiger partial charge in [0.1, 0.15) is 12.4 Å².